The third-order valence-corrected chi connectivity index (χ3v) is 3.53. The van der Waals surface area contributed by atoms with Crippen molar-refractivity contribution < 1.29 is 13.6 Å². The van der Waals surface area contributed by atoms with Gasteiger partial charge < -0.3 is 9.73 Å². The van der Waals surface area contributed by atoms with Crippen molar-refractivity contribution in [3.05, 3.63) is 58.2 Å². The fourth-order valence-corrected chi connectivity index (χ4v) is 2.46. The van der Waals surface area contributed by atoms with Crippen molar-refractivity contribution in [2.45, 2.75) is 6.04 Å². The van der Waals surface area contributed by atoms with Gasteiger partial charge in [-0.25, -0.2) is 4.39 Å². The summed E-state index contributed by atoms with van der Waals surface area (Å²) in [5.74, 6) is -0.0148. The molecule has 1 unspecified atom stereocenters. The Bertz CT molecular complexity index is 594. The van der Waals surface area contributed by atoms with Gasteiger partial charge in [0.1, 0.15) is 11.6 Å². The number of amides is 1. The van der Waals surface area contributed by atoms with Crippen molar-refractivity contribution >= 4 is 21.8 Å². The first-order chi connectivity index (χ1) is 9.97. The zero-order chi connectivity index (χ0) is 15.4. The largest absolute Gasteiger partial charge is 0.468 e. The van der Waals surface area contributed by atoms with Gasteiger partial charge in [-0.1, -0.05) is 15.9 Å². The quantitative estimate of drug-likeness (QED) is 0.896. The van der Waals surface area contributed by atoms with Gasteiger partial charge in [0.15, 0.2) is 0 Å². The van der Waals surface area contributed by atoms with Gasteiger partial charge in [-0.05, 0) is 44.4 Å². The van der Waals surface area contributed by atoms with Crippen LogP contribution in [0.5, 0.6) is 0 Å². The highest BCUT2D eigenvalue weighted by molar-refractivity contribution is 9.10. The molecule has 1 amide bonds. The van der Waals surface area contributed by atoms with Crippen molar-refractivity contribution in [2.24, 2.45) is 0 Å². The first-order valence-electron chi connectivity index (χ1n) is 6.41. The predicted molar refractivity (Wildman–Crippen MR) is 81.6 cm³/mol. The fraction of sp³-hybridized carbons (Fsp3) is 0.267. The van der Waals surface area contributed by atoms with E-state index in [4.69, 9.17) is 4.42 Å². The summed E-state index contributed by atoms with van der Waals surface area (Å²) in [6.45, 7) is 0.369. The van der Waals surface area contributed by atoms with Gasteiger partial charge in [-0.15, -0.1) is 0 Å². The summed E-state index contributed by atoms with van der Waals surface area (Å²) < 4.78 is 19.2. The summed E-state index contributed by atoms with van der Waals surface area (Å²) in [5.41, 5.74) is 0.277. The molecule has 1 aromatic heterocycles. The molecule has 1 atom stereocenters. The Morgan fingerprint density at radius 1 is 1.43 bits per heavy atom. The Balaban J connectivity index is 2.05. The molecule has 1 aromatic carbocycles. The molecule has 1 N–H and O–H groups in total. The molecule has 112 valence electrons. The molecular formula is C15H16BrFN2O2. The lowest BCUT2D eigenvalue weighted by Crippen LogP contribution is -2.34. The summed E-state index contributed by atoms with van der Waals surface area (Å²) in [4.78, 5) is 14.0. The Hall–Kier alpha value is -1.66. The lowest BCUT2D eigenvalue weighted by atomic mass is 10.1. The topological polar surface area (TPSA) is 45.5 Å². The van der Waals surface area contributed by atoms with E-state index in [1.54, 1.807) is 18.4 Å². The number of hydrogen-bond donors (Lipinski definition) is 1. The summed E-state index contributed by atoms with van der Waals surface area (Å²) in [7, 11) is 3.80. The molecule has 4 nitrogen and oxygen atoms in total. The molecule has 0 radical (unpaired) electrons. The highest BCUT2D eigenvalue weighted by atomic mass is 79.9. The number of halogens is 2. The molecular weight excluding hydrogens is 339 g/mol. The van der Waals surface area contributed by atoms with E-state index in [9.17, 15) is 9.18 Å². The molecule has 0 bridgehead atoms. The second kappa shape index (κ2) is 6.87. The zero-order valence-corrected chi connectivity index (χ0v) is 13.4. The van der Waals surface area contributed by atoms with Crippen molar-refractivity contribution in [3.63, 3.8) is 0 Å². The minimum absolute atomic E-state index is 0.0825. The molecule has 0 saturated carbocycles. The van der Waals surface area contributed by atoms with Crippen LogP contribution in [-0.2, 0) is 0 Å². The SMILES string of the molecule is CN(C)C(CNC(=O)c1cc(F)cc(Br)c1)c1ccco1. The van der Waals surface area contributed by atoms with Gasteiger partial charge in [-0.2, -0.15) is 0 Å². The van der Waals surface area contributed by atoms with Crippen LogP contribution in [0.4, 0.5) is 4.39 Å². The number of likely N-dealkylation sites (N-methyl/N-ethyl adjacent to an activating group) is 1. The van der Waals surface area contributed by atoms with E-state index in [-0.39, 0.29) is 17.5 Å². The minimum Gasteiger partial charge on any atom is -0.468 e. The van der Waals surface area contributed by atoms with Gasteiger partial charge >= 0.3 is 0 Å². The Morgan fingerprint density at radius 3 is 2.76 bits per heavy atom. The number of hydrogen-bond acceptors (Lipinski definition) is 3. The maximum Gasteiger partial charge on any atom is 0.251 e. The molecule has 0 aliphatic rings. The summed E-state index contributed by atoms with van der Waals surface area (Å²) >= 11 is 3.17. The molecule has 6 heteroatoms. The number of furan rings is 1. The van der Waals surface area contributed by atoms with Gasteiger partial charge in [0.2, 0.25) is 0 Å². The zero-order valence-electron chi connectivity index (χ0n) is 11.8. The van der Waals surface area contributed by atoms with E-state index in [1.165, 1.54) is 12.1 Å². The van der Waals surface area contributed by atoms with E-state index >= 15 is 0 Å². The molecule has 0 spiro atoms. The number of nitrogens with zero attached hydrogens (tertiary/aromatic N) is 1. The van der Waals surface area contributed by atoms with Gasteiger partial charge in [-0.3, -0.25) is 9.69 Å². The van der Waals surface area contributed by atoms with Gasteiger partial charge in [0, 0.05) is 16.6 Å². The normalized spacial score (nSPS) is 12.4. The van der Waals surface area contributed by atoms with E-state index < -0.39 is 5.82 Å². The Kier molecular flexibility index (Phi) is 5.14. The molecule has 0 aliphatic heterocycles. The summed E-state index contributed by atoms with van der Waals surface area (Å²) in [6.07, 6.45) is 1.59. The Morgan fingerprint density at radius 2 is 2.19 bits per heavy atom. The number of carbonyl (C=O) groups is 1. The van der Waals surface area contributed by atoms with Crippen LogP contribution >= 0.6 is 15.9 Å². The number of carbonyl (C=O) groups excluding carboxylic acids is 1. The van der Waals surface area contributed by atoms with E-state index in [1.807, 2.05) is 25.1 Å². The van der Waals surface area contributed by atoms with Crippen LogP contribution in [0.15, 0.2) is 45.5 Å². The maximum atomic E-state index is 13.3. The lowest BCUT2D eigenvalue weighted by Gasteiger charge is -2.22. The number of rotatable bonds is 5. The average Bonchev–Trinajstić information content (AvgIpc) is 2.91. The molecule has 2 rings (SSSR count). The highest BCUT2D eigenvalue weighted by Crippen LogP contribution is 2.18. The second-order valence-corrected chi connectivity index (χ2v) is 5.78. The van der Waals surface area contributed by atoms with Crippen LogP contribution in [0.25, 0.3) is 0 Å². The van der Waals surface area contributed by atoms with E-state index in [0.29, 0.717) is 11.0 Å². The number of benzene rings is 1. The van der Waals surface area contributed by atoms with Gasteiger partial charge in [0.25, 0.3) is 5.91 Å². The average molecular weight is 355 g/mol. The standard InChI is InChI=1S/C15H16BrFN2O2/c1-19(2)13(14-4-3-5-21-14)9-18-15(20)10-6-11(16)8-12(17)7-10/h3-8,13H,9H2,1-2H3,(H,18,20). The summed E-state index contributed by atoms with van der Waals surface area (Å²) in [5, 5.41) is 2.80. The fourth-order valence-electron chi connectivity index (χ4n) is 1.99. The van der Waals surface area contributed by atoms with Crippen LogP contribution in [0.1, 0.15) is 22.2 Å². The first kappa shape index (κ1) is 15.7. The van der Waals surface area contributed by atoms with Gasteiger partial charge in [0.05, 0.1) is 12.3 Å². The lowest BCUT2D eigenvalue weighted by molar-refractivity contribution is 0.0938. The minimum atomic E-state index is -0.454. The van der Waals surface area contributed by atoms with Crippen LogP contribution < -0.4 is 5.32 Å². The first-order valence-corrected chi connectivity index (χ1v) is 7.21. The van der Waals surface area contributed by atoms with Crippen LogP contribution in [0.3, 0.4) is 0 Å². The van der Waals surface area contributed by atoms with Crippen molar-refractivity contribution in [2.75, 3.05) is 20.6 Å². The maximum absolute atomic E-state index is 13.3. The highest BCUT2D eigenvalue weighted by Gasteiger charge is 2.18. The molecule has 1 heterocycles. The third kappa shape index (κ3) is 4.15. The molecule has 0 saturated heterocycles. The predicted octanol–water partition coefficient (Wildman–Crippen LogP) is 3.21. The molecule has 2 aromatic rings. The van der Waals surface area contributed by atoms with Crippen LogP contribution in [0.2, 0.25) is 0 Å². The Labute approximate surface area is 131 Å². The number of nitrogens with one attached hydrogen (secondary N) is 1. The van der Waals surface area contributed by atoms with Crippen LogP contribution in [-0.4, -0.2) is 31.4 Å². The van der Waals surface area contributed by atoms with E-state index in [0.717, 1.165) is 5.76 Å². The van der Waals surface area contributed by atoms with E-state index in [2.05, 4.69) is 21.2 Å². The van der Waals surface area contributed by atoms with Crippen LogP contribution in [0, 0.1) is 5.82 Å². The third-order valence-electron chi connectivity index (χ3n) is 3.08. The monoisotopic (exact) mass is 354 g/mol. The van der Waals surface area contributed by atoms with Crippen molar-refractivity contribution in [1.82, 2.24) is 10.2 Å². The smallest absolute Gasteiger partial charge is 0.251 e. The molecule has 21 heavy (non-hydrogen) atoms. The van der Waals surface area contributed by atoms with Crippen molar-refractivity contribution in [1.29, 1.82) is 0 Å². The molecule has 0 aliphatic carbocycles. The van der Waals surface area contributed by atoms with Crippen molar-refractivity contribution in [3.8, 4) is 0 Å². The summed E-state index contributed by atoms with van der Waals surface area (Å²) in [6, 6.07) is 7.67. The second-order valence-electron chi connectivity index (χ2n) is 4.86. The molecule has 0 fully saturated rings.